The van der Waals surface area contributed by atoms with Gasteiger partial charge in [-0.15, -0.1) is 0 Å². The SMILES string of the molecule is CCCCCCCCCCCCCCCCCC[P+](CCCC)(CCCC)CCCCCCCCCCCCCCCCCC.[Br-]. The molecule has 0 amide bonds. The fraction of sp³-hybridized carbons (Fsp3) is 1.00. The van der Waals surface area contributed by atoms with Crippen LogP contribution in [0, 0.1) is 0 Å². The summed E-state index contributed by atoms with van der Waals surface area (Å²) in [5, 5.41) is 0. The highest BCUT2D eigenvalue weighted by Crippen LogP contribution is 2.61. The van der Waals surface area contributed by atoms with E-state index in [4.69, 9.17) is 0 Å². The Morgan fingerprint density at radius 3 is 0.543 bits per heavy atom. The van der Waals surface area contributed by atoms with Crippen LogP contribution < -0.4 is 17.0 Å². The Morgan fingerprint density at radius 2 is 0.348 bits per heavy atom. The van der Waals surface area contributed by atoms with Crippen LogP contribution in [0.2, 0.25) is 0 Å². The highest BCUT2D eigenvalue weighted by atomic mass is 79.9. The minimum absolute atomic E-state index is 0. The van der Waals surface area contributed by atoms with E-state index in [2.05, 4.69) is 27.7 Å². The Morgan fingerprint density at radius 1 is 0.196 bits per heavy atom. The molecule has 2 heteroatoms. The van der Waals surface area contributed by atoms with Gasteiger partial charge in [-0.3, -0.25) is 0 Å². The van der Waals surface area contributed by atoms with Gasteiger partial charge in [0, 0.05) is 7.26 Å². The van der Waals surface area contributed by atoms with E-state index in [0.29, 0.717) is 0 Å². The van der Waals surface area contributed by atoms with Gasteiger partial charge in [-0.25, -0.2) is 0 Å². The lowest BCUT2D eigenvalue weighted by Crippen LogP contribution is -3.00. The van der Waals surface area contributed by atoms with Gasteiger partial charge in [0.2, 0.25) is 0 Å². The maximum absolute atomic E-state index is 2.43. The average molecular weight is 732 g/mol. The Labute approximate surface area is 306 Å². The molecule has 0 aromatic carbocycles. The van der Waals surface area contributed by atoms with Gasteiger partial charge in [0.25, 0.3) is 0 Å². The number of unbranched alkanes of at least 4 members (excludes halogenated alkanes) is 32. The number of hydrogen-bond acceptors (Lipinski definition) is 0. The molecule has 0 atom stereocenters. The molecule has 280 valence electrons. The molecule has 0 unspecified atom stereocenters. The zero-order valence-corrected chi connectivity index (χ0v) is 35.6. The molecule has 0 rings (SSSR count). The molecule has 0 saturated heterocycles. The predicted octanol–water partition coefficient (Wildman–Crippen LogP) is 14.1. The molecule has 0 aliphatic rings. The highest BCUT2D eigenvalue weighted by molar-refractivity contribution is 7.75. The minimum atomic E-state index is -0.706. The van der Waals surface area contributed by atoms with Gasteiger partial charge in [0.1, 0.15) is 0 Å². The standard InChI is InChI=1S/C44H92P.BrH/c1-5-9-13-15-17-19-21-23-25-27-29-31-33-35-37-39-43-45(41-11-7-3,42-12-8-4)44-40-38-36-34-32-30-28-26-24-22-20-18-16-14-10-6-2;/h5-44H2,1-4H3;1H/q+1;/p-1. The van der Waals surface area contributed by atoms with Crippen LogP contribution in [-0.4, -0.2) is 24.6 Å². The van der Waals surface area contributed by atoms with E-state index in [1.165, 1.54) is 218 Å². The van der Waals surface area contributed by atoms with E-state index < -0.39 is 7.26 Å². The van der Waals surface area contributed by atoms with Crippen molar-refractivity contribution >= 4 is 7.26 Å². The maximum atomic E-state index is 2.43. The Balaban J connectivity index is 0. The molecule has 0 saturated carbocycles. The van der Waals surface area contributed by atoms with E-state index in [0.717, 1.165) is 0 Å². The molecule has 0 aliphatic carbocycles. The van der Waals surface area contributed by atoms with E-state index in [1.54, 1.807) is 37.5 Å². The van der Waals surface area contributed by atoms with Gasteiger partial charge >= 0.3 is 0 Å². The third kappa shape index (κ3) is 36.2. The van der Waals surface area contributed by atoms with Crippen LogP contribution >= 0.6 is 7.26 Å². The molecular weight excluding hydrogens is 639 g/mol. The summed E-state index contributed by atoms with van der Waals surface area (Å²) in [7, 11) is -0.706. The molecule has 0 heterocycles. The zero-order chi connectivity index (χ0) is 32.8. The molecule has 0 fully saturated rings. The molecule has 0 aliphatic heterocycles. The molecule has 0 aromatic heterocycles. The highest BCUT2D eigenvalue weighted by Gasteiger charge is 2.34. The number of hydrogen-bond donors (Lipinski definition) is 0. The summed E-state index contributed by atoms with van der Waals surface area (Å²) in [4.78, 5) is 0. The van der Waals surface area contributed by atoms with Gasteiger partial charge < -0.3 is 17.0 Å². The molecule has 46 heavy (non-hydrogen) atoms. The first kappa shape index (κ1) is 49.0. The Kier molecular flexibility index (Phi) is 44.8. The number of rotatable bonds is 40. The van der Waals surface area contributed by atoms with E-state index in [1.807, 2.05) is 0 Å². The summed E-state index contributed by atoms with van der Waals surface area (Å²) in [6.07, 6.45) is 60.0. The fourth-order valence-electron chi connectivity index (χ4n) is 7.65. The Hall–Kier alpha value is 0.910. The summed E-state index contributed by atoms with van der Waals surface area (Å²) < 4.78 is 0. The second-order valence-corrected chi connectivity index (χ2v) is 20.0. The van der Waals surface area contributed by atoms with Gasteiger partial charge in [-0.1, -0.05) is 220 Å². The van der Waals surface area contributed by atoms with Crippen molar-refractivity contribution in [2.75, 3.05) is 24.6 Å². The van der Waals surface area contributed by atoms with Crippen molar-refractivity contribution in [1.29, 1.82) is 0 Å². The summed E-state index contributed by atoms with van der Waals surface area (Å²) in [5.41, 5.74) is 0. The zero-order valence-electron chi connectivity index (χ0n) is 33.1. The lowest BCUT2D eigenvalue weighted by atomic mass is 10.0. The van der Waals surface area contributed by atoms with Gasteiger partial charge in [0.15, 0.2) is 0 Å². The number of halogens is 1. The summed E-state index contributed by atoms with van der Waals surface area (Å²) >= 11 is 0. The van der Waals surface area contributed by atoms with Crippen molar-refractivity contribution in [2.45, 2.75) is 259 Å². The van der Waals surface area contributed by atoms with Gasteiger partial charge in [-0.05, 0) is 38.5 Å². The van der Waals surface area contributed by atoms with Gasteiger partial charge in [0.05, 0.1) is 24.6 Å². The molecule has 0 N–H and O–H groups in total. The van der Waals surface area contributed by atoms with Crippen LogP contribution in [-0.2, 0) is 0 Å². The fourth-order valence-corrected chi connectivity index (χ4v) is 12.8. The van der Waals surface area contributed by atoms with Crippen LogP contribution in [0.3, 0.4) is 0 Å². The quantitative estimate of drug-likeness (QED) is 0.0435. The van der Waals surface area contributed by atoms with Crippen LogP contribution in [0.25, 0.3) is 0 Å². The van der Waals surface area contributed by atoms with E-state index >= 15 is 0 Å². The predicted molar refractivity (Wildman–Crippen MR) is 215 cm³/mol. The van der Waals surface area contributed by atoms with Crippen molar-refractivity contribution in [2.24, 2.45) is 0 Å². The molecule has 0 nitrogen and oxygen atoms in total. The summed E-state index contributed by atoms with van der Waals surface area (Å²) in [6.45, 7) is 9.49. The summed E-state index contributed by atoms with van der Waals surface area (Å²) in [5.74, 6) is 0. The van der Waals surface area contributed by atoms with Crippen LogP contribution in [0.4, 0.5) is 0 Å². The first-order valence-electron chi connectivity index (χ1n) is 22.1. The smallest absolute Gasteiger partial charge is 0.0594 e. The van der Waals surface area contributed by atoms with E-state index in [9.17, 15) is 0 Å². The van der Waals surface area contributed by atoms with Crippen molar-refractivity contribution < 1.29 is 17.0 Å². The van der Waals surface area contributed by atoms with Gasteiger partial charge in [-0.2, -0.15) is 0 Å². The topological polar surface area (TPSA) is 0 Å². The van der Waals surface area contributed by atoms with E-state index in [-0.39, 0.29) is 17.0 Å². The molecular formula is C44H92BrP. The second kappa shape index (κ2) is 42.1. The van der Waals surface area contributed by atoms with Crippen LogP contribution in [0.5, 0.6) is 0 Å². The van der Waals surface area contributed by atoms with Crippen molar-refractivity contribution in [3.8, 4) is 0 Å². The molecule has 0 aromatic rings. The van der Waals surface area contributed by atoms with Crippen LogP contribution in [0.15, 0.2) is 0 Å². The largest absolute Gasteiger partial charge is 1.00 e. The molecule has 0 radical (unpaired) electrons. The third-order valence-electron chi connectivity index (χ3n) is 10.9. The maximum Gasteiger partial charge on any atom is 0.0594 e. The lowest BCUT2D eigenvalue weighted by molar-refractivity contribution is -0.0000102. The first-order valence-corrected chi connectivity index (χ1v) is 24.6. The Bertz CT molecular complexity index is 474. The molecule has 0 spiro atoms. The van der Waals surface area contributed by atoms with Crippen molar-refractivity contribution in [3.05, 3.63) is 0 Å². The van der Waals surface area contributed by atoms with Crippen LogP contribution in [0.1, 0.15) is 259 Å². The monoisotopic (exact) mass is 731 g/mol. The first-order chi connectivity index (χ1) is 22.2. The normalized spacial score (nSPS) is 11.7. The molecule has 0 bridgehead atoms. The van der Waals surface area contributed by atoms with Crippen molar-refractivity contribution in [3.63, 3.8) is 0 Å². The lowest BCUT2D eigenvalue weighted by Gasteiger charge is -2.28. The third-order valence-corrected chi connectivity index (χ3v) is 16.0. The second-order valence-electron chi connectivity index (χ2n) is 15.5. The minimum Gasteiger partial charge on any atom is -1.00 e. The van der Waals surface area contributed by atoms with Crippen molar-refractivity contribution in [1.82, 2.24) is 0 Å². The summed E-state index contributed by atoms with van der Waals surface area (Å²) in [6, 6.07) is 0. The average Bonchev–Trinajstić information content (AvgIpc) is 3.05.